The molecule has 0 radical (unpaired) electrons. The van der Waals surface area contributed by atoms with Crippen LogP contribution in [0.3, 0.4) is 0 Å². The fraction of sp³-hybridized carbons (Fsp3) is 0.632. The third kappa shape index (κ3) is 4.75. The quantitative estimate of drug-likeness (QED) is 0.676. The van der Waals surface area contributed by atoms with E-state index in [0.29, 0.717) is 37.2 Å². The zero-order valence-electron chi connectivity index (χ0n) is 15.3. The van der Waals surface area contributed by atoms with E-state index in [0.717, 1.165) is 51.2 Å². The fourth-order valence-electron chi connectivity index (χ4n) is 3.58. The van der Waals surface area contributed by atoms with Gasteiger partial charge < -0.3 is 18.9 Å². The highest BCUT2D eigenvalue weighted by atomic mass is 32.1. The van der Waals surface area contributed by atoms with Gasteiger partial charge in [0, 0.05) is 44.7 Å². The molecule has 2 aliphatic rings. The molecule has 4 rings (SSSR count). The van der Waals surface area contributed by atoms with Crippen molar-refractivity contribution in [3.05, 3.63) is 34.1 Å². The first kappa shape index (κ1) is 18.6. The first-order valence-electron chi connectivity index (χ1n) is 9.59. The van der Waals surface area contributed by atoms with Crippen LogP contribution in [0.4, 0.5) is 0 Å². The zero-order valence-corrected chi connectivity index (χ0v) is 16.2. The molecule has 2 saturated heterocycles. The maximum atomic E-state index is 12.4. The monoisotopic (exact) mass is 391 g/mol. The summed E-state index contributed by atoms with van der Waals surface area (Å²) in [6.45, 7) is 4.42. The first-order chi connectivity index (χ1) is 13.3. The van der Waals surface area contributed by atoms with Gasteiger partial charge >= 0.3 is 0 Å². The van der Waals surface area contributed by atoms with Crippen LogP contribution >= 0.6 is 11.3 Å². The van der Waals surface area contributed by atoms with Gasteiger partial charge in [0.2, 0.25) is 5.89 Å². The van der Waals surface area contributed by atoms with Crippen LogP contribution in [-0.4, -0.2) is 60.5 Å². The third-order valence-electron chi connectivity index (χ3n) is 5.24. The molecule has 2 aromatic rings. The molecule has 0 aromatic carbocycles. The van der Waals surface area contributed by atoms with Gasteiger partial charge in [-0.15, -0.1) is 0 Å². The minimum absolute atomic E-state index is 0.0833. The highest BCUT2D eigenvalue weighted by Gasteiger charge is 2.31. The number of nitrogens with zero attached hydrogens (tertiary/aromatic N) is 3. The summed E-state index contributed by atoms with van der Waals surface area (Å²) in [5.41, 5.74) is 0.758. The number of hydrogen-bond donors (Lipinski definition) is 0. The number of hydrogen-bond acceptors (Lipinski definition) is 7. The molecule has 7 nitrogen and oxygen atoms in total. The van der Waals surface area contributed by atoms with Crippen LogP contribution in [0.15, 0.2) is 21.3 Å². The Morgan fingerprint density at radius 3 is 3.04 bits per heavy atom. The van der Waals surface area contributed by atoms with Crippen molar-refractivity contribution in [3.8, 4) is 0 Å². The van der Waals surface area contributed by atoms with Gasteiger partial charge in [-0.1, -0.05) is 5.16 Å². The number of likely N-dealkylation sites (tertiary alicyclic amines) is 1. The number of carbonyl (C=O) groups is 1. The van der Waals surface area contributed by atoms with Gasteiger partial charge in [-0.05, 0) is 36.6 Å². The smallest absolute Gasteiger partial charge is 0.254 e. The summed E-state index contributed by atoms with van der Waals surface area (Å²) in [5.74, 6) is 2.12. The van der Waals surface area contributed by atoms with Crippen LogP contribution < -0.4 is 0 Å². The number of thiophene rings is 1. The summed E-state index contributed by atoms with van der Waals surface area (Å²) in [4.78, 5) is 18.8. The van der Waals surface area contributed by atoms with Gasteiger partial charge in [0.05, 0.1) is 18.1 Å². The lowest BCUT2D eigenvalue weighted by Crippen LogP contribution is -2.28. The molecule has 1 amide bonds. The molecule has 0 spiro atoms. The summed E-state index contributed by atoms with van der Waals surface area (Å²) in [6.07, 6.45) is 3.66. The third-order valence-corrected chi connectivity index (χ3v) is 5.92. The Kier molecular flexibility index (Phi) is 6.16. The summed E-state index contributed by atoms with van der Waals surface area (Å²) in [6, 6.07) is 1.87. The molecule has 2 aromatic heterocycles. The van der Waals surface area contributed by atoms with Crippen molar-refractivity contribution in [2.75, 3.05) is 39.5 Å². The molecule has 0 N–H and O–H groups in total. The molecule has 2 aliphatic heterocycles. The first-order valence-corrected chi connectivity index (χ1v) is 10.5. The molecule has 0 aliphatic carbocycles. The molecular formula is C19H25N3O4S. The molecule has 1 unspecified atom stereocenters. The van der Waals surface area contributed by atoms with Crippen LogP contribution in [0.2, 0.25) is 0 Å². The van der Waals surface area contributed by atoms with Crippen molar-refractivity contribution in [1.82, 2.24) is 15.0 Å². The van der Waals surface area contributed by atoms with E-state index in [1.807, 2.05) is 21.7 Å². The van der Waals surface area contributed by atoms with Crippen LogP contribution in [-0.2, 0) is 15.9 Å². The largest absolute Gasteiger partial charge is 0.381 e. The molecule has 0 bridgehead atoms. The van der Waals surface area contributed by atoms with E-state index in [2.05, 4.69) is 10.1 Å². The Balaban J connectivity index is 1.21. The van der Waals surface area contributed by atoms with Crippen LogP contribution in [0.1, 0.15) is 47.3 Å². The summed E-state index contributed by atoms with van der Waals surface area (Å²) in [5, 5.41) is 7.89. The molecule has 1 atom stereocenters. The van der Waals surface area contributed by atoms with Crippen molar-refractivity contribution < 1.29 is 18.8 Å². The standard InChI is InChI=1S/C19H25N3O4S/c23-19(16-5-10-27-13-16)22-6-1-15(11-22)18-20-17(21-26-18)4-9-25-12-14-2-7-24-8-3-14/h5,10,13-15H,1-4,6-9,11-12H2. The van der Waals surface area contributed by atoms with E-state index in [9.17, 15) is 4.79 Å². The highest BCUT2D eigenvalue weighted by Crippen LogP contribution is 2.27. The molecule has 27 heavy (non-hydrogen) atoms. The lowest BCUT2D eigenvalue weighted by molar-refractivity contribution is 0.0211. The zero-order chi connectivity index (χ0) is 18.5. The van der Waals surface area contributed by atoms with E-state index in [-0.39, 0.29) is 11.8 Å². The van der Waals surface area contributed by atoms with Gasteiger partial charge in [0.15, 0.2) is 5.82 Å². The molecular weight excluding hydrogens is 366 g/mol. The normalized spacial score (nSPS) is 21.0. The molecule has 8 heteroatoms. The number of carbonyl (C=O) groups excluding carboxylic acids is 1. The Hall–Kier alpha value is -1.77. The molecule has 0 saturated carbocycles. The van der Waals surface area contributed by atoms with E-state index < -0.39 is 0 Å². The Bertz CT molecular complexity index is 727. The average Bonchev–Trinajstić information content (AvgIpc) is 3.47. The summed E-state index contributed by atoms with van der Waals surface area (Å²) < 4.78 is 16.6. The van der Waals surface area contributed by atoms with Crippen molar-refractivity contribution in [2.45, 2.75) is 31.6 Å². The lowest BCUT2D eigenvalue weighted by atomic mass is 10.0. The summed E-state index contributed by atoms with van der Waals surface area (Å²) >= 11 is 1.54. The second kappa shape index (κ2) is 8.95. The second-order valence-electron chi connectivity index (χ2n) is 7.18. The van der Waals surface area contributed by atoms with E-state index >= 15 is 0 Å². The topological polar surface area (TPSA) is 77.7 Å². The van der Waals surface area contributed by atoms with Crippen LogP contribution in [0, 0.1) is 5.92 Å². The highest BCUT2D eigenvalue weighted by molar-refractivity contribution is 7.08. The van der Waals surface area contributed by atoms with Crippen molar-refractivity contribution in [1.29, 1.82) is 0 Å². The number of rotatable bonds is 7. The predicted molar refractivity (Wildman–Crippen MR) is 99.9 cm³/mol. The molecule has 4 heterocycles. The maximum Gasteiger partial charge on any atom is 0.254 e. The Labute approximate surface area is 162 Å². The average molecular weight is 391 g/mol. The van der Waals surface area contributed by atoms with E-state index in [1.165, 1.54) is 11.3 Å². The minimum atomic E-state index is 0.0833. The predicted octanol–water partition coefficient (Wildman–Crippen LogP) is 2.75. The Morgan fingerprint density at radius 2 is 2.22 bits per heavy atom. The number of aromatic nitrogens is 2. The van der Waals surface area contributed by atoms with Gasteiger partial charge in [-0.25, -0.2) is 0 Å². The molecule has 146 valence electrons. The minimum Gasteiger partial charge on any atom is -0.381 e. The van der Waals surface area contributed by atoms with Crippen molar-refractivity contribution in [3.63, 3.8) is 0 Å². The lowest BCUT2D eigenvalue weighted by Gasteiger charge is -2.21. The molecule has 2 fully saturated rings. The van der Waals surface area contributed by atoms with Crippen LogP contribution in [0.5, 0.6) is 0 Å². The fourth-order valence-corrected chi connectivity index (χ4v) is 4.21. The number of ether oxygens (including phenoxy) is 2. The van der Waals surface area contributed by atoms with Crippen molar-refractivity contribution >= 4 is 17.2 Å². The van der Waals surface area contributed by atoms with Crippen LogP contribution in [0.25, 0.3) is 0 Å². The van der Waals surface area contributed by atoms with Gasteiger partial charge in [-0.2, -0.15) is 16.3 Å². The van der Waals surface area contributed by atoms with Gasteiger partial charge in [-0.3, -0.25) is 4.79 Å². The van der Waals surface area contributed by atoms with Crippen molar-refractivity contribution in [2.24, 2.45) is 5.92 Å². The number of amides is 1. The van der Waals surface area contributed by atoms with E-state index in [1.54, 1.807) is 0 Å². The van der Waals surface area contributed by atoms with Gasteiger partial charge in [0.25, 0.3) is 5.91 Å². The Morgan fingerprint density at radius 1 is 1.33 bits per heavy atom. The SMILES string of the molecule is O=C(c1ccsc1)N1CCC(c2nc(CCOCC3CCOCC3)no2)C1. The van der Waals surface area contributed by atoms with E-state index in [4.69, 9.17) is 14.0 Å². The summed E-state index contributed by atoms with van der Waals surface area (Å²) in [7, 11) is 0. The maximum absolute atomic E-state index is 12.4. The second-order valence-corrected chi connectivity index (χ2v) is 7.96. The van der Waals surface area contributed by atoms with Gasteiger partial charge in [0.1, 0.15) is 0 Å².